The molecule has 1 aromatic rings. The summed E-state index contributed by atoms with van der Waals surface area (Å²) in [5.41, 5.74) is 1.08. The van der Waals surface area contributed by atoms with E-state index in [1.54, 1.807) is 16.7 Å². The van der Waals surface area contributed by atoms with Crippen molar-refractivity contribution in [2.75, 3.05) is 39.8 Å². The van der Waals surface area contributed by atoms with Gasteiger partial charge in [-0.3, -0.25) is 25.1 Å². The highest BCUT2D eigenvalue weighted by Crippen LogP contribution is 2.54. The Morgan fingerprint density at radius 1 is 1.29 bits per heavy atom. The fourth-order valence-electron chi connectivity index (χ4n) is 7.50. The second-order valence-corrected chi connectivity index (χ2v) is 13.9. The topological polar surface area (TPSA) is 101 Å². The van der Waals surface area contributed by atoms with Gasteiger partial charge in [-0.05, 0) is 69.5 Å². The Morgan fingerprint density at radius 3 is 2.88 bits per heavy atom. The molecule has 5 aliphatic rings. The van der Waals surface area contributed by atoms with Crippen molar-refractivity contribution in [1.82, 2.24) is 25.3 Å². The Kier molecular flexibility index (Phi) is 8.49. The van der Waals surface area contributed by atoms with Gasteiger partial charge < -0.3 is 14.5 Å². The first-order valence-corrected chi connectivity index (χ1v) is 15.9. The lowest BCUT2D eigenvalue weighted by atomic mass is 9.72. The summed E-state index contributed by atoms with van der Waals surface area (Å²) in [5.74, 6) is 0.110. The lowest BCUT2D eigenvalue weighted by Crippen LogP contribution is -2.75. The van der Waals surface area contributed by atoms with E-state index >= 15 is 0 Å². The summed E-state index contributed by atoms with van der Waals surface area (Å²) in [5, 5.41) is 17.5. The summed E-state index contributed by atoms with van der Waals surface area (Å²) in [6.45, 7) is 7.02. The van der Waals surface area contributed by atoms with E-state index in [4.69, 9.17) is 16.3 Å². The minimum absolute atomic E-state index is 0.0336. The van der Waals surface area contributed by atoms with E-state index in [0.717, 1.165) is 41.3 Å². The molecule has 0 bridgehead atoms. The predicted molar refractivity (Wildman–Crippen MR) is 158 cm³/mol. The number of halogens is 1. The van der Waals surface area contributed by atoms with Gasteiger partial charge in [0, 0.05) is 41.5 Å². The Morgan fingerprint density at radius 2 is 2.15 bits per heavy atom. The third-order valence-corrected chi connectivity index (χ3v) is 11.7. The lowest BCUT2D eigenvalue weighted by molar-refractivity contribution is -0.144. The summed E-state index contributed by atoms with van der Waals surface area (Å²) < 4.78 is 5.91. The molecule has 41 heavy (non-hydrogen) atoms. The normalized spacial score (nSPS) is 35.7. The van der Waals surface area contributed by atoms with Crippen molar-refractivity contribution >= 4 is 35.1 Å². The maximum absolute atomic E-state index is 14.5. The van der Waals surface area contributed by atoms with Crippen molar-refractivity contribution in [2.45, 2.75) is 78.8 Å². The third kappa shape index (κ3) is 5.47. The molecule has 1 aliphatic carbocycles. The van der Waals surface area contributed by atoms with Crippen LogP contribution in [0, 0.1) is 17.2 Å². The smallest absolute Gasteiger partial charge is 0.246 e. The van der Waals surface area contributed by atoms with Crippen molar-refractivity contribution in [2.24, 2.45) is 5.92 Å². The molecule has 4 fully saturated rings. The zero-order valence-corrected chi connectivity index (χ0v) is 25.1. The molecule has 220 valence electrons. The SMILES string of the molecule is C=CC(=O)N1CCN(C2NC(OCC3CCCN3C)NC3C(=O)[C@]4(CCC32)Cc2c(Cl)cccc2S4)CC1CC#N. The van der Waals surface area contributed by atoms with Crippen molar-refractivity contribution in [3.05, 3.63) is 41.4 Å². The minimum Gasteiger partial charge on any atom is -0.348 e. The largest absolute Gasteiger partial charge is 0.348 e. The summed E-state index contributed by atoms with van der Waals surface area (Å²) >= 11 is 8.24. The number of nitrogens with one attached hydrogen (secondary N) is 2. The van der Waals surface area contributed by atoms with Gasteiger partial charge in [-0.1, -0.05) is 24.2 Å². The average molecular weight is 599 g/mol. The van der Waals surface area contributed by atoms with Gasteiger partial charge in [0.05, 0.1) is 42.1 Å². The molecule has 1 amide bonds. The molecule has 0 aromatic heterocycles. The van der Waals surface area contributed by atoms with Crippen LogP contribution in [-0.4, -0.2) is 102 Å². The van der Waals surface area contributed by atoms with Gasteiger partial charge in [-0.15, -0.1) is 11.8 Å². The number of nitrogens with zero attached hydrogens (tertiary/aromatic N) is 4. The molecule has 4 aliphatic heterocycles. The highest BCUT2D eigenvalue weighted by Gasteiger charge is 2.57. The summed E-state index contributed by atoms with van der Waals surface area (Å²) in [6.07, 6.45) is 5.54. The monoisotopic (exact) mass is 598 g/mol. The molecule has 6 unspecified atom stereocenters. The highest BCUT2D eigenvalue weighted by atomic mass is 35.5. The number of piperazine rings is 1. The molecule has 1 spiro atoms. The fraction of sp³-hybridized carbons (Fsp3) is 0.633. The zero-order valence-electron chi connectivity index (χ0n) is 23.6. The number of carbonyl (C=O) groups excluding carboxylic acids is 2. The standard InChI is InChI=1S/C30H39ClN6O3S/c1-3-25(38)37-15-14-36(17-19(37)10-12-32)28-21-9-11-30(16-22-23(31)7-4-8-24(22)41-30)27(39)26(21)33-29(34-28)40-18-20-6-5-13-35(20)2/h3-4,7-8,19-21,26,28-29,33-34H,1,5-6,9-11,13-18H2,2H3/t19?,20?,21?,26?,28?,29?,30-/m0/s1. The van der Waals surface area contributed by atoms with E-state index < -0.39 is 11.1 Å². The number of likely N-dealkylation sites (tertiary alicyclic amines) is 1. The molecule has 4 heterocycles. The van der Waals surface area contributed by atoms with Crippen LogP contribution < -0.4 is 10.6 Å². The first-order chi connectivity index (χ1) is 19.8. The van der Waals surface area contributed by atoms with Crippen LogP contribution >= 0.6 is 23.4 Å². The maximum atomic E-state index is 14.5. The van der Waals surface area contributed by atoms with Gasteiger partial charge >= 0.3 is 0 Å². The van der Waals surface area contributed by atoms with Crippen LogP contribution in [0.1, 0.15) is 37.7 Å². The first-order valence-electron chi connectivity index (χ1n) is 14.7. The van der Waals surface area contributed by atoms with Crippen molar-refractivity contribution < 1.29 is 14.3 Å². The number of fused-ring (bicyclic) bond motifs is 2. The molecule has 1 aromatic carbocycles. The molecule has 6 rings (SSSR count). The first kappa shape index (κ1) is 29.1. The van der Waals surface area contributed by atoms with Crippen LogP contribution in [0.15, 0.2) is 35.7 Å². The summed E-state index contributed by atoms with van der Waals surface area (Å²) in [7, 11) is 2.13. The van der Waals surface area contributed by atoms with Gasteiger partial charge in [0.2, 0.25) is 5.91 Å². The molecule has 3 saturated heterocycles. The van der Waals surface area contributed by atoms with Crippen LogP contribution in [0.2, 0.25) is 5.02 Å². The van der Waals surface area contributed by atoms with Crippen molar-refractivity contribution in [3.63, 3.8) is 0 Å². The van der Waals surface area contributed by atoms with E-state index in [2.05, 4.69) is 46.2 Å². The number of Topliss-reactive ketones (excluding diaryl/α,β-unsaturated/α-hetero) is 1. The van der Waals surface area contributed by atoms with E-state index in [0.29, 0.717) is 38.7 Å². The van der Waals surface area contributed by atoms with Crippen molar-refractivity contribution in [1.29, 1.82) is 5.26 Å². The molecule has 11 heteroatoms. The van der Waals surface area contributed by atoms with E-state index in [1.807, 2.05) is 12.1 Å². The molecule has 7 atom stereocenters. The van der Waals surface area contributed by atoms with Gasteiger partial charge in [0.25, 0.3) is 0 Å². The number of ketones is 1. The number of nitriles is 1. The quantitative estimate of drug-likeness (QED) is 0.479. The number of likely N-dealkylation sites (N-methyl/N-ethyl adjacent to an activating group) is 1. The van der Waals surface area contributed by atoms with Crippen molar-refractivity contribution in [3.8, 4) is 6.07 Å². The second-order valence-electron chi connectivity index (χ2n) is 12.0. The molecular weight excluding hydrogens is 560 g/mol. The van der Waals surface area contributed by atoms with Crippen LogP contribution in [0.4, 0.5) is 0 Å². The predicted octanol–water partition coefficient (Wildman–Crippen LogP) is 2.60. The number of hydrogen-bond donors (Lipinski definition) is 2. The molecular formula is C30H39ClN6O3S. The zero-order chi connectivity index (χ0) is 28.7. The van der Waals surface area contributed by atoms with Crippen LogP contribution in [-0.2, 0) is 20.7 Å². The lowest BCUT2D eigenvalue weighted by Gasteiger charge is -2.54. The number of ether oxygens (including phenoxy) is 1. The van der Waals surface area contributed by atoms with E-state index in [9.17, 15) is 14.9 Å². The molecule has 9 nitrogen and oxygen atoms in total. The number of hydrogen-bond acceptors (Lipinski definition) is 9. The van der Waals surface area contributed by atoms with Gasteiger partial charge in [0.1, 0.15) is 0 Å². The number of benzene rings is 1. The maximum Gasteiger partial charge on any atom is 0.246 e. The highest BCUT2D eigenvalue weighted by molar-refractivity contribution is 8.01. The number of carbonyl (C=O) groups is 2. The number of thioether (sulfide) groups is 1. The van der Waals surface area contributed by atoms with Gasteiger partial charge in [0.15, 0.2) is 12.1 Å². The van der Waals surface area contributed by atoms with Crippen LogP contribution in [0.5, 0.6) is 0 Å². The minimum atomic E-state index is -0.530. The Hall–Kier alpha value is -1.97. The average Bonchev–Trinajstić information content (AvgIpc) is 3.57. The number of amides is 1. The van der Waals surface area contributed by atoms with E-state index in [1.165, 1.54) is 12.5 Å². The summed E-state index contributed by atoms with van der Waals surface area (Å²) in [4.78, 5) is 34.5. The number of rotatable bonds is 6. The van der Waals surface area contributed by atoms with E-state index in [-0.39, 0.29) is 42.3 Å². The fourth-order valence-corrected chi connectivity index (χ4v) is 9.34. The van der Waals surface area contributed by atoms with Crippen LogP contribution in [0.25, 0.3) is 0 Å². The second kappa shape index (κ2) is 12.0. The molecule has 2 N–H and O–H groups in total. The Balaban J connectivity index is 1.24. The van der Waals surface area contributed by atoms with Gasteiger partial charge in [-0.2, -0.15) is 5.26 Å². The molecule has 0 radical (unpaired) electrons. The third-order valence-electron chi connectivity index (χ3n) is 9.76. The Labute approximate surface area is 251 Å². The summed E-state index contributed by atoms with van der Waals surface area (Å²) in [6, 6.07) is 7.96. The molecule has 1 saturated carbocycles. The Bertz CT molecular complexity index is 1240. The van der Waals surface area contributed by atoms with Crippen LogP contribution in [0.3, 0.4) is 0 Å². The van der Waals surface area contributed by atoms with Gasteiger partial charge in [-0.25, -0.2) is 0 Å².